The molecule has 2 aromatic carbocycles. The molecule has 0 saturated heterocycles. The quantitative estimate of drug-likeness (QED) is 0.541. The van der Waals surface area contributed by atoms with Gasteiger partial charge in [-0.05, 0) is 18.2 Å². The predicted octanol–water partition coefficient (Wildman–Crippen LogP) is 3.79. The molecule has 0 bridgehead atoms. The fourth-order valence-electron chi connectivity index (χ4n) is 3.11. The van der Waals surface area contributed by atoms with Crippen molar-refractivity contribution < 1.29 is 23.6 Å². The van der Waals surface area contributed by atoms with Crippen molar-refractivity contribution in [3.8, 4) is 11.5 Å². The number of carbonyl (C=O) groups excluding carboxylic acids is 1. The number of anilines is 1. The van der Waals surface area contributed by atoms with Crippen molar-refractivity contribution in [2.75, 3.05) is 12.4 Å². The zero-order chi connectivity index (χ0) is 19.0. The van der Waals surface area contributed by atoms with Crippen molar-refractivity contribution in [2.24, 2.45) is 0 Å². The van der Waals surface area contributed by atoms with Crippen LogP contribution in [0.2, 0.25) is 0 Å². The molecule has 1 amide bonds. The van der Waals surface area contributed by atoms with Crippen molar-refractivity contribution in [3.63, 3.8) is 0 Å². The van der Waals surface area contributed by atoms with Crippen molar-refractivity contribution in [1.29, 1.82) is 0 Å². The SMILES string of the molecule is COc1cc2c(cc1NC(=O)[C@H](C)[n+]1cccc(O)c1)oc1ccccc12. The molecule has 0 aliphatic heterocycles. The lowest BCUT2D eigenvalue weighted by Crippen LogP contribution is -2.43. The number of hydrogen-bond acceptors (Lipinski definition) is 4. The van der Waals surface area contributed by atoms with Gasteiger partial charge in [0.05, 0.1) is 12.8 Å². The Balaban J connectivity index is 1.70. The molecule has 0 fully saturated rings. The number of pyridine rings is 1. The number of benzene rings is 2. The number of carbonyl (C=O) groups is 1. The number of para-hydroxylation sites is 1. The monoisotopic (exact) mass is 363 g/mol. The molecule has 6 nitrogen and oxygen atoms in total. The first-order valence-electron chi connectivity index (χ1n) is 8.57. The number of ether oxygens (including phenoxy) is 1. The first kappa shape index (κ1) is 16.9. The van der Waals surface area contributed by atoms with Crippen LogP contribution in [0.5, 0.6) is 11.5 Å². The Morgan fingerprint density at radius 3 is 2.74 bits per heavy atom. The lowest BCUT2D eigenvalue weighted by Gasteiger charge is -2.12. The molecule has 2 N–H and O–H groups in total. The molecule has 27 heavy (non-hydrogen) atoms. The molecule has 0 radical (unpaired) electrons. The number of nitrogens with one attached hydrogen (secondary N) is 1. The second-order valence-electron chi connectivity index (χ2n) is 6.32. The summed E-state index contributed by atoms with van der Waals surface area (Å²) >= 11 is 0. The summed E-state index contributed by atoms with van der Waals surface area (Å²) in [7, 11) is 1.56. The first-order chi connectivity index (χ1) is 13.1. The van der Waals surface area contributed by atoms with E-state index < -0.39 is 6.04 Å². The van der Waals surface area contributed by atoms with E-state index in [9.17, 15) is 9.90 Å². The molecule has 0 spiro atoms. The van der Waals surface area contributed by atoms with Crippen LogP contribution in [-0.4, -0.2) is 18.1 Å². The summed E-state index contributed by atoms with van der Waals surface area (Å²) in [6.45, 7) is 1.75. The maximum atomic E-state index is 12.7. The van der Waals surface area contributed by atoms with Crippen LogP contribution in [0.1, 0.15) is 13.0 Å². The van der Waals surface area contributed by atoms with Crippen LogP contribution in [0.25, 0.3) is 21.9 Å². The summed E-state index contributed by atoms with van der Waals surface area (Å²) in [5.41, 5.74) is 1.98. The summed E-state index contributed by atoms with van der Waals surface area (Å²) in [4.78, 5) is 12.7. The second kappa shape index (κ2) is 6.64. The minimum absolute atomic E-state index is 0.0958. The molecule has 0 aliphatic rings. The van der Waals surface area contributed by atoms with Crippen LogP contribution >= 0.6 is 0 Å². The van der Waals surface area contributed by atoms with Gasteiger partial charge >= 0.3 is 0 Å². The van der Waals surface area contributed by atoms with Crippen molar-refractivity contribution in [2.45, 2.75) is 13.0 Å². The summed E-state index contributed by atoms with van der Waals surface area (Å²) in [6, 6.07) is 14.1. The van der Waals surface area contributed by atoms with Crippen LogP contribution in [-0.2, 0) is 4.79 Å². The molecule has 4 rings (SSSR count). The van der Waals surface area contributed by atoms with E-state index in [1.165, 1.54) is 6.20 Å². The lowest BCUT2D eigenvalue weighted by atomic mass is 10.1. The largest absolute Gasteiger partial charge is 0.503 e. The number of amides is 1. The molecule has 2 heterocycles. The number of methoxy groups -OCH3 is 1. The predicted molar refractivity (Wildman–Crippen MR) is 102 cm³/mol. The molecule has 0 aliphatic carbocycles. The van der Waals surface area contributed by atoms with Gasteiger partial charge in [0.25, 0.3) is 5.91 Å². The van der Waals surface area contributed by atoms with E-state index >= 15 is 0 Å². The first-order valence-corrected chi connectivity index (χ1v) is 8.57. The second-order valence-corrected chi connectivity index (χ2v) is 6.32. The number of fused-ring (bicyclic) bond motifs is 3. The summed E-state index contributed by atoms with van der Waals surface area (Å²) in [5.74, 6) is 0.410. The Kier molecular flexibility index (Phi) is 4.16. The Bertz CT molecular complexity index is 1150. The zero-order valence-electron chi connectivity index (χ0n) is 15.0. The van der Waals surface area contributed by atoms with Gasteiger partial charge in [0, 0.05) is 29.8 Å². The van der Waals surface area contributed by atoms with Gasteiger partial charge in [0.2, 0.25) is 12.2 Å². The molecule has 0 unspecified atom stereocenters. The van der Waals surface area contributed by atoms with Gasteiger partial charge in [-0.2, -0.15) is 4.57 Å². The van der Waals surface area contributed by atoms with Gasteiger partial charge in [-0.1, -0.05) is 18.2 Å². The van der Waals surface area contributed by atoms with Gasteiger partial charge in [-0.25, -0.2) is 0 Å². The Hall–Kier alpha value is -3.54. The van der Waals surface area contributed by atoms with Gasteiger partial charge in [-0.3, -0.25) is 4.79 Å². The van der Waals surface area contributed by atoms with Crippen molar-refractivity contribution in [1.82, 2.24) is 0 Å². The van der Waals surface area contributed by atoms with Crippen LogP contribution in [0, 0.1) is 0 Å². The van der Waals surface area contributed by atoms with Gasteiger partial charge < -0.3 is 19.6 Å². The van der Waals surface area contributed by atoms with E-state index in [4.69, 9.17) is 9.15 Å². The van der Waals surface area contributed by atoms with Crippen LogP contribution in [0.15, 0.2) is 65.3 Å². The Morgan fingerprint density at radius 1 is 1.15 bits per heavy atom. The van der Waals surface area contributed by atoms with Crippen molar-refractivity contribution >= 4 is 33.5 Å². The van der Waals surface area contributed by atoms with E-state index in [-0.39, 0.29) is 11.7 Å². The van der Waals surface area contributed by atoms with Gasteiger partial charge in [0.15, 0.2) is 11.9 Å². The molecule has 136 valence electrons. The van der Waals surface area contributed by atoms with Crippen LogP contribution in [0.3, 0.4) is 0 Å². The van der Waals surface area contributed by atoms with E-state index in [1.807, 2.05) is 30.3 Å². The molecular formula is C21H19N2O4+. The number of hydrogen-bond donors (Lipinski definition) is 2. The maximum Gasteiger partial charge on any atom is 0.293 e. The molecule has 2 aromatic heterocycles. The Labute approximate surface area is 155 Å². The highest BCUT2D eigenvalue weighted by molar-refractivity contribution is 6.07. The Morgan fingerprint density at radius 2 is 1.96 bits per heavy atom. The smallest absolute Gasteiger partial charge is 0.293 e. The van der Waals surface area contributed by atoms with Gasteiger partial charge in [-0.15, -0.1) is 0 Å². The molecule has 4 aromatic rings. The molecular weight excluding hydrogens is 344 g/mol. The van der Waals surface area contributed by atoms with Gasteiger partial charge in [0.1, 0.15) is 16.9 Å². The third kappa shape index (κ3) is 3.06. The van der Waals surface area contributed by atoms with Crippen LogP contribution < -0.4 is 14.6 Å². The number of rotatable bonds is 4. The average Bonchev–Trinajstić information content (AvgIpc) is 3.04. The van der Waals surface area contributed by atoms with E-state index in [2.05, 4.69) is 5.32 Å². The minimum Gasteiger partial charge on any atom is -0.503 e. The fourth-order valence-corrected chi connectivity index (χ4v) is 3.11. The van der Waals surface area contributed by atoms with Crippen molar-refractivity contribution in [3.05, 3.63) is 60.9 Å². The molecule has 6 heteroatoms. The normalized spacial score (nSPS) is 12.2. The topological polar surface area (TPSA) is 75.6 Å². The highest BCUT2D eigenvalue weighted by atomic mass is 16.5. The highest BCUT2D eigenvalue weighted by Gasteiger charge is 2.24. The van der Waals surface area contributed by atoms with Crippen LogP contribution in [0.4, 0.5) is 5.69 Å². The maximum absolute atomic E-state index is 12.7. The standard InChI is InChI=1S/C21H18N2O4/c1-13(23-9-5-6-14(24)12-23)21(25)22-17-11-19-16(10-20(17)26-2)15-7-3-4-8-18(15)27-19/h3-13H,1-2H3,(H-,22,24,25)/p+1/t13-/m0/s1. The lowest BCUT2D eigenvalue weighted by molar-refractivity contribution is -0.705. The third-order valence-corrected chi connectivity index (χ3v) is 4.59. The third-order valence-electron chi connectivity index (χ3n) is 4.59. The molecule has 0 saturated carbocycles. The number of nitrogens with zero attached hydrogens (tertiary/aromatic N) is 1. The average molecular weight is 363 g/mol. The minimum atomic E-state index is -0.520. The number of aromatic nitrogens is 1. The van der Waals surface area contributed by atoms with E-state index in [0.717, 1.165) is 16.4 Å². The highest BCUT2D eigenvalue weighted by Crippen LogP contribution is 2.36. The zero-order valence-corrected chi connectivity index (χ0v) is 15.0. The summed E-state index contributed by atoms with van der Waals surface area (Å²) < 4.78 is 13.0. The number of furan rings is 1. The summed E-state index contributed by atoms with van der Waals surface area (Å²) in [6.07, 6.45) is 3.23. The fraction of sp³-hybridized carbons (Fsp3) is 0.143. The number of aromatic hydroxyl groups is 1. The molecule has 1 atom stereocenters. The van der Waals surface area contributed by atoms with E-state index in [0.29, 0.717) is 17.0 Å². The van der Waals surface area contributed by atoms with E-state index in [1.54, 1.807) is 43.0 Å². The summed E-state index contributed by atoms with van der Waals surface area (Å²) in [5, 5.41) is 14.4.